The number of hydrogen-bond donors (Lipinski definition) is 1. The number of piperidine rings is 1. The SMILES string of the molecule is CCN(CC)c1ccc(N)cc1C(=O)N1[C@H](C)CCC[C@@H]1C. The molecule has 2 atom stereocenters. The maximum Gasteiger partial charge on any atom is 0.256 e. The summed E-state index contributed by atoms with van der Waals surface area (Å²) in [4.78, 5) is 17.4. The summed E-state index contributed by atoms with van der Waals surface area (Å²) in [5.74, 6) is 0.119. The van der Waals surface area contributed by atoms with Gasteiger partial charge in [-0.15, -0.1) is 0 Å². The van der Waals surface area contributed by atoms with E-state index < -0.39 is 0 Å². The number of carbonyl (C=O) groups excluding carboxylic acids is 1. The van der Waals surface area contributed by atoms with E-state index in [4.69, 9.17) is 5.73 Å². The highest BCUT2D eigenvalue weighted by atomic mass is 16.2. The first-order chi connectivity index (χ1) is 10.5. The van der Waals surface area contributed by atoms with E-state index >= 15 is 0 Å². The van der Waals surface area contributed by atoms with Crippen molar-refractivity contribution in [2.75, 3.05) is 23.7 Å². The van der Waals surface area contributed by atoms with Crippen LogP contribution in [0.4, 0.5) is 11.4 Å². The van der Waals surface area contributed by atoms with E-state index in [-0.39, 0.29) is 5.91 Å². The molecule has 1 saturated heterocycles. The first kappa shape index (κ1) is 16.7. The molecular weight excluding hydrogens is 274 g/mol. The molecule has 1 fully saturated rings. The Bertz CT molecular complexity index is 515. The van der Waals surface area contributed by atoms with Gasteiger partial charge in [0.05, 0.1) is 5.56 Å². The molecule has 4 nitrogen and oxygen atoms in total. The average molecular weight is 303 g/mol. The van der Waals surface area contributed by atoms with Crippen LogP contribution < -0.4 is 10.6 Å². The third-order valence-electron chi connectivity index (χ3n) is 4.78. The third kappa shape index (κ3) is 3.21. The van der Waals surface area contributed by atoms with E-state index in [1.807, 2.05) is 23.1 Å². The number of nitrogens with zero attached hydrogens (tertiary/aromatic N) is 2. The topological polar surface area (TPSA) is 49.6 Å². The van der Waals surface area contributed by atoms with Crippen LogP contribution in [0.1, 0.15) is 57.3 Å². The number of hydrogen-bond acceptors (Lipinski definition) is 3. The first-order valence-corrected chi connectivity index (χ1v) is 8.46. The van der Waals surface area contributed by atoms with E-state index in [0.717, 1.165) is 37.2 Å². The van der Waals surface area contributed by atoms with Gasteiger partial charge in [-0.2, -0.15) is 0 Å². The van der Waals surface area contributed by atoms with Crippen molar-refractivity contribution >= 4 is 17.3 Å². The minimum atomic E-state index is 0.119. The summed E-state index contributed by atoms with van der Waals surface area (Å²) in [7, 11) is 0. The molecule has 0 aromatic heterocycles. The van der Waals surface area contributed by atoms with Crippen LogP contribution in [0.5, 0.6) is 0 Å². The second-order valence-corrected chi connectivity index (χ2v) is 6.29. The molecule has 0 saturated carbocycles. The van der Waals surface area contributed by atoms with Gasteiger partial charge in [0.1, 0.15) is 0 Å². The fourth-order valence-corrected chi connectivity index (χ4v) is 3.53. The molecule has 1 aromatic carbocycles. The number of nitrogen functional groups attached to an aromatic ring is 1. The van der Waals surface area contributed by atoms with E-state index in [0.29, 0.717) is 17.8 Å². The maximum atomic E-state index is 13.2. The largest absolute Gasteiger partial charge is 0.399 e. The van der Waals surface area contributed by atoms with Crippen LogP contribution in [-0.4, -0.2) is 36.0 Å². The summed E-state index contributed by atoms with van der Waals surface area (Å²) in [5, 5.41) is 0. The van der Waals surface area contributed by atoms with Gasteiger partial charge in [-0.25, -0.2) is 0 Å². The van der Waals surface area contributed by atoms with Crippen molar-refractivity contribution in [2.45, 2.75) is 59.0 Å². The van der Waals surface area contributed by atoms with Crippen molar-refractivity contribution in [3.63, 3.8) is 0 Å². The summed E-state index contributed by atoms with van der Waals surface area (Å²) in [6, 6.07) is 6.29. The van der Waals surface area contributed by atoms with Gasteiger partial charge in [-0.05, 0) is 65.2 Å². The van der Waals surface area contributed by atoms with Gasteiger partial charge in [-0.3, -0.25) is 4.79 Å². The molecule has 0 radical (unpaired) electrons. The molecule has 2 N–H and O–H groups in total. The minimum Gasteiger partial charge on any atom is -0.399 e. The molecule has 1 aliphatic heterocycles. The summed E-state index contributed by atoms with van der Waals surface area (Å²) < 4.78 is 0. The molecule has 0 aliphatic carbocycles. The number of anilines is 2. The molecule has 1 amide bonds. The Morgan fingerprint density at radius 1 is 1.23 bits per heavy atom. The lowest BCUT2D eigenvalue weighted by molar-refractivity contribution is 0.0511. The minimum absolute atomic E-state index is 0.119. The predicted octanol–water partition coefficient (Wildman–Crippen LogP) is 3.52. The number of likely N-dealkylation sites (tertiary alicyclic amines) is 1. The zero-order chi connectivity index (χ0) is 16.3. The highest BCUT2D eigenvalue weighted by molar-refractivity contribution is 6.01. The highest BCUT2D eigenvalue weighted by Gasteiger charge is 2.31. The zero-order valence-corrected chi connectivity index (χ0v) is 14.3. The molecule has 0 unspecified atom stereocenters. The summed E-state index contributed by atoms with van der Waals surface area (Å²) in [6.07, 6.45) is 3.37. The molecule has 2 rings (SSSR count). The van der Waals surface area contributed by atoms with E-state index in [2.05, 4.69) is 32.6 Å². The van der Waals surface area contributed by atoms with E-state index in [1.54, 1.807) is 0 Å². The molecule has 122 valence electrons. The van der Waals surface area contributed by atoms with Gasteiger partial charge >= 0.3 is 0 Å². The molecule has 1 aromatic rings. The van der Waals surface area contributed by atoms with Crippen molar-refractivity contribution in [1.82, 2.24) is 4.90 Å². The van der Waals surface area contributed by atoms with Crippen LogP contribution in [0.3, 0.4) is 0 Å². The van der Waals surface area contributed by atoms with Crippen LogP contribution >= 0.6 is 0 Å². The molecule has 1 aliphatic rings. The molecular formula is C18H29N3O. The maximum absolute atomic E-state index is 13.2. The van der Waals surface area contributed by atoms with Gasteiger partial charge in [0, 0.05) is 36.5 Å². The van der Waals surface area contributed by atoms with Crippen molar-refractivity contribution in [2.24, 2.45) is 0 Å². The highest BCUT2D eigenvalue weighted by Crippen LogP contribution is 2.29. The van der Waals surface area contributed by atoms with Crippen LogP contribution in [0.25, 0.3) is 0 Å². The standard InChI is InChI=1S/C18H29N3O/c1-5-20(6-2)17-11-10-15(19)12-16(17)18(22)21-13(3)8-7-9-14(21)4/h10-14H,5-9,19H2,1-4H3/t13-,14+. The number of carbonyl (C=O) groups is 1. The normalized spacial score (nSPS) is 21.7. The number of rotatable bonds is 4. The Morgan fingerprint density at radius 3 is 2.36 bits per heavy atom. The zero-order valence-electron chi connectivity index (χ0n) is 14.3. The van der Waals surface area contributed by atoms with Crippen LogP contribution in [0.15, 0.2) is 18.2 Å². The van der Waals surface area contributed by atoms with E-state index in [1.165, 1.54) is 6.42 Å². The second-order valence-electron chi connectivity index (χ2n) is 6.29. The Balaban J connectivity index is 2.41. The molecule has 1 heterocycles. The molecule has 22 heavy (non-hydrogen) atoms. The second kappa shape index (κ2) is 7.03. The lowest BCUT2D eigenvalue weighted by atomic mass is 9.96. The Hall–Kier alpha value is -1.71. The summed E-state index contributed by atoms with van der Waals surface area (Å²) in [6.45, 7) is 10.3. The number of nitrogens with two attached hydrogens (primary N) is 1. The van der Waals surface area contributed by atoms with Crippen LogP contribution in [0, 0.1) is 0 Å². The van der Waals surface area contributed by atoms with Crippen molar-refractivity contribution in [3.8, 4) is 0 Å². The summed E-state index contributed by atoms with van der Waals surface area (Å²) in [5.41, 5.74) is 8.34. The fourth-order valence-electron chi connectivity index (χ4n) is 3.53. The predicted molar refractivity (Wildman–Crippen MR) is 93.4 cm³/mol. The molecule has 0 bridgehead atoms. The number of amides is 1. The lowest BCUT2D eigenvalue weighted by Gasteiger charge is -2.40. The van der Waals surface area contributed by atoms with Gasteiger partial charge in [0.2, 0.25) is 0 Å². The van der Waals surface area contributed by atoms with E-state index in [9.17, 15) is 4.79 Å². The Labute approximate surface area is 134 Å². The molecule has 4 heteroatoms. The Kier molecular flexibility index (Phi) is 5.33. The van der Waals surface area contributed by atoms with Crippen LogP contribution in [-0.2, 0) is 0 Å². The first-order valence-electron chi connectivity index (χ1n) is 8.46. The van der Waals surface area contributed by atoms with Gasteiger partial charge in [-0.1, -0.05) is 0 Å². The monoisotopic (exact) mass is 303 g/mol. The smallest absolute Gasteiger partial charge is 0.256 e. The van der Waals surface area contributed by atoms with Crippen molar-refractivity contribution < 1.29 is 4.79 Å². The van der Waals surface area contributed by atoms with Gasteiger partial charge in [0.15, 0.2) is 0 Å². The quantitative estimate of drug-likeness (QED) is 0.866. The van der Waals surface area contributed by atoms with Crippen molar-refractivity contribution in [3.05, 3.63) is 23.8 Å². The fraction of sp³-hybridized carbons (Fsp3) is 0.611. The Morgan fingerprint density at radius 2 is 1.82 bits per heavy atom. The number of benzene rings is 1. The lowest BCUT2D eigenvalue weighted by Crippen LogP contribution is -2.47. The summed E-state index contributed by atoms with van der Waals surface area (Å²) >= 11 is 0. The average Bonchev–Trinajstić information content (AvgIpc) is 2.49. The van der Waals surface area contributed by atoms with Gasteiger partial charge < -0.3 is 15.5 Å². The van der Waals surface area contributed by atoms with Gasteiger partial charge in [0.25, 0.3) is 5.91 Å². The van der Waals surface area contributed by atoms with Crippen LogP contribution in [0.2, 0.25) is 0 Å². The third-order valence-corrected chi connectivity index (χ3v) is 4.78. The van der Waals surface area contributed by atoms with Crippen molar-refractivity contribution in [1.29, 1.82) is 0 Å². The molecule has 0 spiro atoms.